The van der Waals surface area contributed by atoms with E-state index in [1.807, 2.05) is 36.4 Å². The number of ether oxygens (including phenoxy) is 3. The Morgan fingerprint density at radius 1 is 0.645 bits per heavy atom. The Bertz CT molecular complexity index is 648. The van der Waals surface area contributed by atoms with Gasteiger partial charge in [-0.1, -0.05) is 92.8 Å². The topological polar surface area (TPSA) is 27.7 Å². The van der Waals surface area contributed by atoms with Gasteiger partial charge in [0.25, 0.3) is 0 Å². The van der Waals surface area contributed by atoms with Gasteiger partial charge >= 0.3 is 0 Å². The van der Waals surface area contributed by atoms with Gasteiger partial charge in [0, 0.05) is 13.0 Å². The van der Waals surface area contributed by atoms with Crippen molar-refractivity contribution in [1.82, 2.24) is 0 Å². The molecule has 0 fully saturated rings. The molecule has 3 heteroatoms. The second kappa shape index (κ2) is 17.5. The van der Waals surface area contributed by atoms with Crippen molar-refractivity contribution < 1.29 is 14.2 Å². The zero-order chi connectivity index (χ0) is 21.8. The number of hydrogen-bond donors (Lipinski definition) is 0. The van der Waals surface area contributed by atoms with E-state index < -0.39 is 0 Å². The lowest BCUT2D eigenvalue weighted by molar-refractivity contribution is -0.0673. The first-order chi connectivity index (χ1) is 15.4. The molecule has 0 N–H and O–H groups in total. The number of rotatable bonds is 18. The molecule has 0 aliphatic heterocycles. The van der Waals surface area contributed by atoms with Crippen molar-refractivity contribution in [1.29, 1.82) is 0 Å². The summed E-state index contributed by atoms with van der Waals surface area (Å²) in [6.07, 6.45) is 14.7. The summed E-state index contributed by atoms with van der Waals surface area (Å²) in [5, 5.41) is 0. The maximum atomic E-state index is 6.11. The largest absolute Gasteiger partial charge is 0.374 e. The summed E-state index contributed by atoms with van der Waals surface area (Å²) in [7, 11) is 0. The Morgan fingerprint density at radius 3 is 1.65 bits per heavy atom. The van der Waals surface area contributed by atoms with Gasteiger partial charge in [0.1, 0.15) is 6.10 Å². The zero-order valence-corrected chi connectivity index (χ0v) is 18.8. The molecule has 0 bridgehead atoms. The molecule has 0 amide bonds. The predicted octanol–water partition coefficient (Wildman–Crippen LogP) is 6.56. The van der Waals surface area contributed by atoms with Crippen molar-refractivity contribution in [3.63, 3.8) is 0 Å². The highest BCUT2D eigenvalue weighted by atomic mass is 16.6. The molecular weight excluding hydrogens is 384 g/mol. The van der Waals surface area contributed by atoms with Crippen molar-refractivity contribution in [3.8, 4) is 12.3 Å². The van der Waals surface area contributed by atoms with Crippen LogP contribution in [0.4, 0.5) is 0 Å². The Morgan fingerprint density at radius 2 is 1.13 bits per heavy atom. The summed E-state index contributed by atoms with van der Waals surface area (Å²) >= 11 is 0. The smallest absolute Gasteiger partial charge is 0.104 e. The first kappa shape index (κ1) is 25.1. The molecule has 2 rings (SSSR count). The Kier molecular flexibility index (Phi) is 14.2. The van der Waals surface area contributed by atoms with Crippen LogP contribution >= 0.6 is 0 Å². The first-order valence-electron chi connectivity index (χ1n) is 11.7. The van der Waals surface area contributed by atoms with Gasteiger partial charge in [-0.15, -0.1) is 12.3 Å². The maximum absolute atomic E-state index is 6.11. The quantitative estimate of drug-likeness (QED) is 0.201. The van der Waals surface area contributed by atoms with E-state index in [1.165, 1.54) is 43.2 Å². The molecule has 0 atom stereocenters. The van der Waals surface area contributed by atoms with Crippen LogP contribution in [0.15, 0.2) is 60.7 Å². The second-order valence-electron chi connectivity index (χ2n) is 7.92. The standard InChI is InChI=1S/C28H38O3/c1-2-3-4-5-6-7-8-9-16-21-31-28(24-29-22-26-17-12-10-13-18-26)25-30-23-27-19-14-11-15-20-27/h1,10-15,17-20,28H,3-9,16,21-25H2. The zero-order valence-electron chi connectivity index (χ0n) is 18.8. The molecule has 0 saturated carbocycles. The highest BCUT2D eigenvalue weighted by Gasteiger charge is 2.10. The number of unbranched alkanes of at least 4 members (excludes halogenated alkanes) is 7. The van der Waals surface area contributed by atoms with E-state index >= 15 is 0 Å². The van der Waals surface area contributed by atoms with E-state index in [9.17, 15) is 0 Å². The minimum Gasteiger partial charge on any atom is -0.374 e. The van der Waals surface area contributed by atoms with Crippen molar-refractivity contribution in [2.45, 2.75) is 70.7 Å². The van der Waals surface area contributed by atoms with Crippen molar-refractivity contribution >= 4 is 0 Å². The van der Waals surface area contributed by atoms with Crippen LogP contribution in [-0.2, 0) is 27.4 Å². The van der Waals surface area contributed by atoms with Gasteiger partial charge in [0.15, 0.2) is 0 Å². The van der Waals surface area contributed by atoms with E-state index in [2.05, 4.69) is 30.2 Å². The van der Waals surface area contributed by atoms with Crippen molar-refractivity contribution in [2.75, 3.05) is 19.8 Å². The average Bonchev–Trinajstić information content (AvgIpc) is 2.81. The highest BCUT2D eigenvalue weighted by molar-refractivity contribution is 5.14. The summed E-state index contributed by atoms with van der Waals surface area (Å²) in [6.45, 7) is 3.03. The molecule has 0 radical (unpaired) electrons. The highest BCUT2D eigenvalue weighted by Crippen LogP contribution is 2.10. The van der Waals surface area contributed by atoms with Crippen LogP contribution < -0.4 is 0 Å². The second-order valence-corrected chi connectivity index (χ2v) is 7.92. The fourth-order valence-electron chi connectivity index (χ4n) is 3.37. The van der Waals surface area contributed by atoms with Gasteiger partial charge in [0.2, 0.25) is 0 Å². The normalized spacial score (nSPS) is 11.0. The van der Waals surface area contributed by atoms with E-state index in [-0.39, 0.29) is 6.10 Å². The summed E-state index contributed by atoms with van der Waals surface area (Å²) in [4.78, 5) is 0. The van der Waals surface area contributed by atoms with Crippen LogP contribution in [0.5, 0.6) is 0 Å². The molecule has 0 aromatic heterocycles. The fourth-order valence-corrected chi connectivity index (χ4v) is 3.37. The molecule has 3 nitrogen and oxygen atoms in total. The monoisotopic (exact) mass is 422 g/mol. The lowest BCUT2D eigenvalue weighted by Gasteiger charge is -2.18. The fraction of sp³-hybridized carbons (Fsp3) is 0.500. The minimum absolute atomic E-state index is 0.0452. The molecule has 2 aromatic carbocycles. The SMILES string of the molecule is C#CCCCCCCCCCOC(COCc1ccccc1)COCc1ccccc1. The van der Waals surface area contributed by atoms with Crippen LogP contribution in [0.2, 0.25) is 0 Å². The molecule has 168 valence electrons. The molecule has 0 spiro atoms. The number of hydrogen-bond acceptors (Lipinski definition) is 3. The Labute approximate surface area is 189 Å². The molecular formula is C28H38O3. The number of terminal acetylenes is 1. The lowest BCUT2D eigenvalue weighted by atomic mass is 10.1. The van der Waals surface area contributed by atoms with Crippen LogP contribution in [0, 0.1) is 12.3 Å². The molecule has 31 heavy (non-hydrogen) atoms. The summed E-state index contributed by atoms with van der Waals surface area (Å²) in [6, 6.07) is 20.5. The Balaban J connectivity index is 1.61. The van der Waals surface area contributed by atoms with Crippen LogP contribution in [0.25, 0.3) is 0 Å². The third-order valence-corrected chi connectivity index (χ3v) is 5.15. The summed E-state index contributed by atoms with van der Waals surface area (Å²) in [5.74, 6) is 2.71. The van der Waals surface area contributed by atoms with Gasteiger partial charge in [-0.25, -0.2) is 0 Å². The van der Waals surface area contributed by atoms with Gasteiger partial charge in [-0.2, -0.15) is 0 Å². The number of benzene rings is 2. The molecule has 2 aromatic rings. The van der Waals surface area contributed by atoms with Gasteiger partial charge < -0.3 is 14.2 Å². The van der Waals surface area contributed by atoms with E-state index in [0.717, 1.165) is 25.9 Å². The molecule has 0 aliphatic carbocycles. The molecule has 0 saturated heterocycles. The third-order valence-electron chi connectivity index (χ3n) is 5.15. The van der Waals surface area contributed by atoms with Crippen LogP contribution in [-0.4, -0.2) is 25.9 Å². The van der Waals surface area contributed by atoms with E-state index in [0.29, 0.717) is 26.4 Å². The minimum atomic E-state index is -0.0452. The predicted molar refractivity (Wildman–Crippen MR) is 128 cm³/mol. The van der Waals surface area contributed by atoms with Crippen LogP contribution in [0.1, 0.15) is 62.5 Å². The lowest BCUT2D eigenvalue weighted by Crippen LogP contribution is -2.26. The summed E-state index contributed by atoms with van der Waals surface area (Å²) in [5.41, 5.74) is 2.35. The Hall–Kier alpha value is -2.12. The van der Waals surface area contributed by atoms with Gasteiger partial charge in [0.05, 0.1) is 26.4 Å². The van der Waals surface area contributed by atoms with Crippen molar-refractivity contribution in [2.24, 2.45) is 0 Å². The third kappa shape index (κ3) is 13.0. The summed E-state index contributed by atoms with van der Waals surface area (Å²) < 4.78 is 17.9. The first-order valence-corrected chi connectivity index (χ1v) is 11.7. The maximum Gasteiger partial charge on any atom is 0.104 e. The molecule has 0 aliphatic rings. The van der Waals surface area contributed by atoms with Gasteiger partial charge in [-0.3, -0.25) is 0 Å². The molecule has 0 heterocycles. The molecule has 0 unspecified atom stereocenters. The van der Waals surface area contributed by atoms with E-state index in [1.54, 1.807) is 0 Å². The van der Waals surface area contributed by atoms with Crippen LogP contribution in [0.3, 0.4) is 0 Å². The van der Waals surface area contributed by atoms with Crippen molar-refractivity contribution in [3.05, 3.63) is 71.8 Å². The average molecular weight is 423 g/mol. The van der Waals surface area contributed by atoms with E-state index in [4.69, 9.17) is 20.6 Å². The van der Waals surface area contributed by atoms with Gasteiger partial charge in [-0.05, 0) is 24.0 Å².